The highest BCUT2D eigenvalue weighted by atomic mass is 32.2. The van der Waals surface area contributed by atoms with Gasteiger partial charge >= 0.3 is 5.69 Å². The third-order valence-corrected chi connectivity index (χ3v) is 5.24. The van der Waals surface area contributed by atoms with Gasteiger partial charge in [-0.1, -0.05) is 23.9 Å². The van der Waals surface area contributed by atoms with E-state index in [2.05, 4.69) is 10.3 Å². The monoisotopic (exact) mass is 387 g/mol. The van der Waals surface area contributed by atoms with Gasteiger partial charge in [-0.25, -0.2) is 9.78 Å². The van der Waals surface area contributed by atoms with Crippen LogP contribution < -0.4 is 16.6 Å². The fourth-order valence-corrected chi connectivity index (χ4v) is 3.74. The van der Waals surface area contributed by atoms with Crippen LogP contribution in [-0.4, -0.2) is 30.3 Å². The van der Waals surface area contributed by atoms with E-state index in [1.807, 2.05) is 38.1 Å². The number of benzene rings is 1. The number of rotatable bonds is 5. The molecule has 0 fully saturated rings. The number of nitrogens with zero attached hydrogens (tertiary/aromatic N) is 4. The predicted molar refractivity (Wildman–Crippen MR) is 106 cm³/mol. The maximum atomic E-state index is 12.5. The number of aromatic nitrogens is 4. The zero-order valence-corrected chi connectivity index (χ0v) is 16.5. The lowest BCUT2D eigenvalue weighted by Gasteiger charge is -2.07. The van der Waals surface area contributed by atoms with Crippen molar-refractivity contribution in [3.8, 4) is 0 Å². The van der Waals surface area contributed by atoms with Crippen LogP contribution in [0.2, 0.25) is 0 Å². The molecule has 0 aliphatic rings. The van der Waals surface area contributed by atoms with Crippen molar-refractivity contribution in [3.63, 3.8) is 0 Å². The molecule has 142 valence electrons. The molecular weight excluding hydrogens is 366 g/mol. The van der Waals surface area contributed by atoms with Crippen LogP contribution in [0.3, 0.4) is 0 Å². The molecule has 0 aliphatic heterocycles. The molecule has 2 heterocycles. The van der Waals surface area contributed by atoms with Crippen molar-refractivity contribution in [2.24, 2.45) is 14.1 Å². The maximum Gasteiger partial charge on any atom is 0.332 e. The number of aryl methyl sites for hydroxylation is 3. The van der Waals surface area contributed by atoms with Crippen LogP contribution >= 0.6 is 11.8 Å². The van der Waals surface area contributed by atoms with Crippen LogP contribution in [0.25, 0.3) is 11.2 Å². The van der Waals surface area contributed by atoms with E-state index in [4.69, 9.17) is 0 Å². The van der Waals surface area contributed by atoms with Crippen LogP contribution in [-0.2, 0) is 25.4 Å². The van der Waals surface area contributed by atoms with E-state index in [1.165, 1.54) is 23.4 Å². The summed E-state index contributed by atoms with van der Waals surface area (Å²) in [6, 6.07) is 7.56. The summed E-state index contributed by atoms with van der Waals surface area (Å²) < 4.78 is 4.15. The second-order valence-corrected chi connectivity index (χ2v) is 7.17. The minimum Gasteiger partial charge on any atom is -0.325 e. The lowest BCUT2D eigenvalue weighted by Crippen LogP contribution is -2.37. The van der Waals surface area contributed by atoms with Crippen LogP contribution in [0.1, 0.15) is 12.5 Å². The van der Waals surface area contributed by atoms with Crippen molar-refractivity contribution in [2.75, 3.05) is 11.1 Å². The average molecular weight is 387 g/mol. The Morgan fingerprint density at radius 3 is 2.63 bits per heavy atom. The van der Waals surface area contributed by atoms with E-state index in [0.717, 1.165) is 15.8 Å². The second-order valence-electron chi connectivity index (χ2n) is 6.22. The lowest BCUT2D eigenvalue weighted by molar-refractivity contribution is -0.113. The van der Waals surface area contributed by atoms with Gasteiger partial charge in [0.05, 0.1) is 5.75 Å². The third-order valence-electron chi connectivity index (χ3n) is 4.26. The molecule has 1 N–H and O–H groups in total. The Kier molecular flexibility index (Phi) is 5.22. The molecule has 3 aromatic rings. The molecule has 0 saturated heterocycles. The first-order valence-corrected chi connectivity index (χ1v) is 9.47. The summed E-state index contributed by atoms with van der Waals surface area (Å²) in [4.78, 5) is 41.3. The third kappa shape index (κ3) is 3.55. The smallest absolute Gasteiger partial charge is 0.325 e. The molecule has 0 atom stereocenters. The largest absolute Gasteiger partial charge is 0.332 e. The Labute approximate surface area is 159 Å². The average Bonchev–Trinajstić information content (AvgIpc) is 3.01. The van der Waals surface area contributed by atoms with E-state index < -0.39 is 11.2 Å². The van der Waals surface area contributed by atoms with Gasteiger partial charge in [0, 0.05) is 26.3 Å². The van der Waals surface area contributed by atoms with E-state index in [0.29, 0.717) is 22.9 Å². The van der Waals surface area contributed by atoms with E-state index >= 15 is 0 Å². The van der Waals surface area contributed by atoms with Gasteiger partial charge in [-0.2, -0.15) is 0 Å². The van der Waals surface area contributed by atoms with Crippen LogP contribution in [0, 0.1) is 6.92 Å². The van der Waals surface area contributed by atoms with Gasteiger partial charge in [-0.05, 0) is 31.5 Å². The summed E-state index contributed by atoms with van der Waals surface area (Å²) in [7, 11) is 3.02. The van der Waals surface area contributed by atoms with Crippen LogP contribution in [0.4, 0.5) is 5.69 Å². The quantitative estimate of drug-likeness (QED) is 0.670. The van der Waals surface area contributed by atoms with Crippen molar-refractivity contribution in [2.45, 2.75) is 25.5 Å². The van der Waals surface area contributed by atoms with Gasteiger partial charge in [0.1, 0.15) is 0 Å². The fraction of sp³-hybridized carbons (Fsp3) is 0.333. The van der Waals surface area contributed by atoms with Gasteiger partial charge in [0.25, 0.3) is 5.56 Å². The summed E-state index contributed by atoms with van der Waals surface area (Å²) in [6.45, 7) is 4.35. The van der Waals surface area contributed by atoms with Gasteiger partial charge in [-0.15, -0.1) is 0 Å². The first kappa shape index (κ1) is 19.0. The predicted octanol–water partition coefficient (Wildman–Crippen LogP) is 1.49. The van der Waals surface area contributed by atoms with Crippen LogP contribution in [0.15, 0.2) is 39.0 Å². The van der Waals surface area contributed by atoms with Gasteiger partial charge < -0.3 is 9.88 Å². The molecule has 0 unspecified atom stereocenters. The molecule has 0 spiro atoms. The number of imidazole rings is 1. The Balaban J connectivity index is 1.88. The van der Waals surface area contributed by atoms with E-state index in [9.17, 15) is 14.4 Å². The van der Waals surface area contributed by atoms with E-state index in [-0.39, 0.29) is 11.7 Å². The van der Waals surface area contributed by atoms with Gasteiger partial charge in [0.15, 0.2) is 16.3 Å². The highest BCUT2D eigenvalue weighted by Gasteiger charge is 2.19. The van der Waals surface area contributed by atoms with Crippen molar-refractivity contribution >= 4 is 34.5 Å². The summed E-state index contributed by atoms with van der Waals surface area (Å²) >= 11 is 1.23. The van der Waals surface area contributed by atoms with Crippen molar-refractivity contribution in [1.82, 2.24) is 18.7 Å². The summed E-state index contributed by atoms with van der Waals surface area (Å²) in [5.41, 5.74) is 1.67. The Hall–Kier alpha value is -2.81. The number of thioether (sulfide) groups is 1. The number of hydrogen-bond donors (Lipinski definition) is 1. The molecular formula is C18H21N5O3S. The normalized spacial score (nSPS) is 11.1. The first-order chi connectivity index (χ1) is 12.8. The minimum atomic E-state index is -0.429. The second kappa shape index (κ2) is 7.43. The molecule has 0 radical (unpaired) electrons. The maximum absolute atomic E-state index is 12.5. The SMILES string of the molecule is CCn1c(SCC(=O)Nc2cccc(C)c2)nc2c1c(=O)n(C)c(=O)n2C. The first-order valence-electron chi connectivity index (χ1n) is 8.49. The highest BCUT2D eigenvalue weighted by Crippen LogP contribution is 2.22. The number of anilines is 1. The number of amides is 1. The van der Waals surface area contributed by atoms with Crippen LogP contribution in [0.5, 0.6) is 0 Å². The Bertz CT molecular complexity index is 1140. The molecule has 2 aromatic heterocycles. The molecule has 8 nitrogen and oxygen atoms in total. The minimum absolute atomic E-state index is 0.144. The summed E-state index contributed by atoms with van der Waals surface area (Å²) in [5.74, 6) is -0.0204. The number of fused-ring (bicyclic) bond motifs is 1. The topological polar surface area (TPSA) is 90.9 Å². The molecule has 27 heavy (non-hydrogen) atoms. The van der Waals surface area contributed by atoms with Crippen molar-refractivity contribution in [1.29, 1.82) is 0 Å². The highest BCUT2D eigenvalue weighted by molar-refractivity contribution is 7.99. The molecule has 0 aliphatic carbocycles. The van der Waals surface area contributed by atoms with Gasteiger partial charge in [0.2, 0.25) is 5.91 Å². The lowest BCUT2D eigenvalue weighted by atomic mass is 10.2. The molecule has 1 aromatic carbocycles. The fourth-order valence-electron chi connectivity index (χ4n) is 2.88. The van der Waals surface area contributed by atoms with Crippen molar-refractivity contribution < 1.29 is 4.79 Å². The molecule has 1 amide bonds. The Morgan fingerprint density at radius 1 is 1.22 bits per heavy atom. The molecule has 9 heteroatoms. The molecule has 3 rings (SSSR count). The number of carbonyl (C=O) groups excluding carboxylic acids is 1. The standard InChI is InChI=1S/C18H21N5O3S/c1-5-23-14-15(21(3)18(26)22(4)16(14)25)20-17(23)27-10-13(24)19-12-8-6-7-11(2)9-12/h6-9H,5,10H2,1-4H3,(H,19,24). The van der Waals surface area contributed by atoms with Gasteiger partial charge in [-0.3, -0.25) is 18.7 Å². The number of carbonyl (C=O) groups is 1. The zero-order chi connectivity index (χ0) is 19.7. The van der Waals surface area contributed by atoms with E-state index in [1.54, 1.807) is 11.6 Å². The van der Waals surface area contributed by atoms with Crippen molar-refractivity contribution in [3.05, 3.63) is 50.7 Å². The molecule has 0 saturated carbocycles. The summed E-state index contributed by atoms with van der Waals surface area (Å²) in [5, 5.41) is 3.38. The zero-order valence-electron chi connectivity index (χ0n) is 15.6. The number of nitrogens with one attached hydrogen (secondary N) is 1. The summed E-state index contributed by atoms with van der Waals surface area (Å²) in [6.07, 6.45) is 0. The molecule has 0 bridgehead atoms. The number of hydrogen-bond acceptors (Lipinski definition) is 5. The Morgan fingerprint density at radius 2 is 1.96 bits per heavy atom.